The Morgan fingerprint density at radius 3 is 2.15 bits per heavy atom. The number of nitrogens with one attached hydrogen (secondary N) is 2. The molecule has 0 aliphatic heterocycles. The Labute approximate surface area is 146 Å². The lowest BCUT2D eigenvalue weighted by molar-refractivity contribution is -0.385. The highest BCUT2D eigenvalue weighted by molar-refractivity contribution is 6.00. The van der Waals surface area contributed by atoms with Crippen molar-refractivity contribution in [2.24, 2.45) is 0 Å². The molecule has 0 bridgehead atoms. The van der Waals surface area contributed by atoms with Crippen LogP contribution >= 0.6 is 0 Å². The van der Waals surface area contributed by atoms with Crippen molar-refractivity contribution in [2.75, 3.05) is 0 Å². The second kappa shape index (κ2) is 8.15. The highest BCUT2D eigenvalue weighted by Gasteiger charge is 2.19. The van der Waals surface area contributed by atoms with Crippen molar-refractivity contribution < 1.29 is 19.4 Å². The topological polar surface area (TPSA) is 144 Å². The average Bonchev–Trinajstić information content (AvgIpc) is 2.64. The van der Waals surface area contributed by atoms with Crippen LogP contribution in [0.1, 0.15) is 15.9 Å². The van der Waals surface area contributed by atoms with Crippen molar-refractivity contribution in [2.45, 2.75) is 0 Å². The number of benzene rings is 2. The second-order valence-corrected chi connectivity index (χ2v) is 4.90. The fourth-order valence-electron chi connectivity index (χ4n) is 1.93. The molecule has 2 N–H and O–H groups in total. The summed E-state index contributed by atoms with van der Waals surface area (Å²) in [6.07, 6.45) is 2.48. The maximum absolute atomic E-state index is 11.9. The summed E-state index contributed by atoms with van der Waals surface area (Å²) in [7, 11) is 0. The van der Waals surface area contributed by atoms with Crippen LogP contribution in [0.4, 0.5) is 11.4 Å². The minimum absolute atomic E-state index is 0.0803. The monoisotopic (exact) mass is 356 g/mol. The summed E-state index contributed by atoms with van der Waals surface area (Å²) in [4.78, 5) is 43.8. The number of nitrogens with zero attached hydrogens (tertiary/aromatic N) is 2. The Kier molecular flexibility index (Phi) is 5.72. The Bertz CT molecular complexity index is 892. The number of carbonyl (C=O) groups excluding carboxylic acids is 2. The summed E-state index contributed by atoms with van der Waals surface area (Å²) in [6, 6.07) is 10.8. The van der Waals surface area contributed by atoms with E-state index in [1.54, 1.807) is 0 Å². The summed E-state index contributed by atoms with van der Waals surface area (Å²) in [6.45, 7) is 0. The van der Waals surface area contributed by atoms with Gasteiger partial charge < -0.3 is 0 Å². The second-order valence-electron chi connectivity index (χ2n) is 4.90. The lowest BCUT2D eigenvalue weighted by atomic mass is 10.2. The third-order valence-electron chi connectivity index (χ3n) is 3.18. The fraction of sp³-hybridized carbons (Fsp3) is 0. The van der Waals surface area contributed by atoms with E-state index in [9.17, 15) is 29.8 Å². The molecule has 0 heterocycles. The minimum Gasteiger partial charge on any atom is -0.268 e. The van der Waals surface area contributed by atoms with Gasteiger partial charge in [-0.15, -0.1) is 0 Å². The molecule has 2 rings (SSSR count). The van der Waals surface area contributed by atoms with Crippen LogP contribution in [0.25, 0.3) is 6.08 Å². The largest absolute Gasteiger partial charge is 0.282 e. The smallest absolute Gasteiger partial charge is 0.268 e. The van der Waals surface area contributed by atoms with E-state index in [-0.39, 0.29) is 16.9 Å². The van der Waals surface area contributed by atoms with Crippen LogP contribution in [-0.4, -0.2) is 21.7 Å². The summed E-state index contributed by atoms with van der Waals surface area (Å²) >= 11 is 0. The molecule has 10 heteroatoms. The van der Waals surface area contributed by atoms with Gasteiger partial charge in [-0.2, -0.15) is 0 Å². The van der Waals surface area contributed by atoms with Crippen molar-refractivity contribution in [1.29, 1.82) is 0 Å². The van der Waals surface area contributed by atoms with E-state index in [0.717, 1.165) is 6.08 Å². The van der Waals surface area contributed by atoms with E-state index in [0.29, 0.717) is 5.56 Å². The molecule has 2 amide bonds. The number of carbonyl (C=O) groups is 2. The van der Waals surface area contributed by atoms with Crippen LogP contribution < -0.4 is 10.9 Å². The first-order valence-corrected chi connectivity index (χ1v) is 7.15. The van der Waals surface area contributed by atoms with E-state index in [1.165, 1.54) is 54.6 Å². The number of para-hydroxylation sites is 1. The SMILES string of the molecule is O=C(/C=C/c1ccc([N+](=O)[O-])cc1)NNC(=O)c1ccccc1[N+](=O)[O-]. The average molecular weight is 356 g/mol. The van der Waals surface area contributed by atoms with Crippen LogP contribution in [0.3, 0.4) is 0 Å². The highest BCUT2D eigenvalue weighted by atomic mass is 16.6. The molecule has 0 saturated heterocycles. The van der Waals surface area contributed by atoms with Crippen molar-refractivity contribution in [3.05, 3.63) is 86.0 Å². The van der Waals surface area contributed by atoms with E-state index in [4.69, 9.17) is 0 Å². The lowest BCUT2D eigenvalue weighted by Gasteiger charge is -2.05. The molecule has 0 atom stereocenters. The predicted octanol–water partition coefficient (Wildman–Crippen LogP) is 1.98. The van der Waals surface area contributed by atoms with Gasteiger partial charge in [-0.3, -0.25) is 40.7 Å². The quantitative estimate of drug-likeness (QED) is 0.476. The molecule has 2 aromatic carbocycles. The van der Waals surface area contributed by atoms with Crippen LogP contribution in [0.15, 0.2) is 54.6 Å². The first-order valence-electron chi connectivity index (χ1n) is 7.15. The van der Waals surface area contributed by atoms with Crippen LogP contribution in [0, 0.1) is 20.2 Å². The van der Waals surface area contributed by atoms with Crippen LogP contribution in [-0.2, 0) is 4.79 Å². The van der Waals surface area contributed by atoms with Gasteiger partial charge in [0.2, 0.25) is 0 Å². The molecular weight excluding hydrogens is 344 g/mol. The van der Waals surface area contributed by atoms with E-state index in [2.05, 4.69) is 10.9 Å². The molecule has 0 aromatic heterocycles. The Balaban J connectivity index is 1.95. The third-order valence-corrected chi connectivity index (χ3v) is 3.18. The number of hydrogen-bond donors (Lipinski definition) is 2. The maximum Gasteiger partial charge on any atom is 0.282 e. The number of nitro groups is 2. The Morgan fingerprint density at radius 2 is 1.54 bits per heavy atom. The van der Waals surface area contributed by atoms with Gasteiger partial charge in [0.05, 0.1) is 9.85 Å². The molecule has 0 fully saturated rings. The zero-order valence-corrected chi connectivity index (χ0v) is 13.1. The fourth-order valence-corrected chi connectivity index (χ4v) is 1.93. The summed E-state index contributed by atoms with van der Waals surface area (Å²) < 4.78 is 0. The van der Waals surface area contributed by atoms with Gasteiger partial charge in [0.25, 0.3) is 23.2 Å². The number of nitro benzene ring substituents is 2. The first kappa shape index (κ1) is 18.3. The minimum atomic E-state index is -0.839. The maximum atomic E-state index is 11.9. The molecule has 0 aliphatic carbocycles. The molecule has 0 radical (unpaired) electrons. The molecule has 0 saturated carbocycles. The highest BCUT2D eigenvalue weighted by Crippen LogP contribution is 2.17. The zero-order chi connectivity index (χ0) is 19.1. The van der Waals surface area contributed by atoms with Gasteiger partial charge in [0.15, 0.2) is 0 Å². The first-order chi connectivity index (χ1) is 12.4. The molecule has 0 spiro atoms. The van der Waals surface area contributed by atoms with Gasteiger partial charge in [0.1, 0.15) is 5.56 Å². The lowest BCUT2D eigenvalue weighted by Crippen LogP contribution is -2.40. The zero-order valence-electron chi connectivity index (χ0n) is 13.1. The Hall–Kier alpha value is -4.08. The summed E-state index contributed by atoms with van der Waals surface area (Å²) in [5.41, 5.74) is 4.03. The molecule has 2 aromatic rings. The molecule has 26 heavy (non-hydrogen) atoms. The van der Waals surface area contributed by atoms with Crippen molar-refractivity contribution in [1.82, 2.24) is 10.9 Å². The van der Waals surface area contributed by atoms with Gasteiger partial charge in [0, 0.05) is 24.3 Å². The van der Waals surface area contributed by atoms with Gasteiger partial charge in [-0.25, -0.2) is 0 Å². The van der Waals surface area contributed by atoms with E-state index < -0.39 is 21.7 Å². The molecule has 132 valence electrons. The molecule has 0 aliphatic rings. The molecule has 10 nitrogen and oxygen atoms in total. The number of hydrogen-bond acceptors (Lipinski definition) is 6. The number of amides is 2. The van der Waals surface area contributed by atoms with Crippen molar-refractivity contribution >= 4 is 29.3 Å². The van der Waals surface area contributed by atoms with Crippen molar-refractivity contribution in [3.8, 4) is 0 Å². The van der Waals surface area contributed by atoms with Crippen LogP contribution in [0.5, 0.6) is 0 Å². The molecular formula is C16H12N4O6. The Morgan fingerprint density at radius 1 is 0.885 bits per heavy atom. The van der Waals surface area contributed by atoms with Crippen molar-refractivity contribution in [3.63, 3.8) is 0 Å². The number of hydrazine groups is 1. The third kappa shape index (κ3) is 4.71. The normalized spacial score (nSPS) is 10.3. The predicted molar refractivity (Wildman–Crippen MR) is 90.8 cm³/mol. The van der Waals surface area contributed by atoms with E-state index >= 15 is 0 Å². The van der Waals surface area contributed by atoms with Gasteiger partial charge in [-0.05, 0) is 29.8 Å². The molecule has 0 unspecified atom stereocenters. The summed E-state index contributed by atoms with van der Waals surface area (Å²) in [5, 5.41) is 21.4. The van der Waals surface area contributed by atoms with Crippen LogP contribution in [0.2, 0.25) is 0 Å². The number of rotatable bonds is 5. The number of non-ortho nitro benzene ring substituents is 1. The van der Waals surface area contributed by atoms with Gasteiger partial charge in [-0.1, -0.05) is 12.1 Å². The standard InChI is InChI=1S/C16H12N4O6/c21-15(10-7-11-5-8-12(9-6-11)19(23)24)17-18-16(22)13-3-1-2-4-14(13)20(25)26/h1-10H,(H,17,21)(H,18,22)/b10-7+. The van der Waals surface area contributed by atoms with E-state index in [1.807, 2.05) is 0 Å². The van der Waals surface area contributed by atoms with Gasteiger partial charge >= 0.3 is 0 Å². The summed E-state index contributed by atoms with van der Waals surface area (Å²) in [5.74, 6) is -1.52.